The van der Waals surface area contributed by atoms with Gasteiger partial charge in [-0.15, -0.1) is 0 Å². The Morgan fingerprint density at radius 1 is 0.833 bits per heavy atom. The lowest BCUT2D eigenvalue weighted by Gasteiger charge is -2.22. The van der Waals surface area contributed by atoms with Crippen molar-refractivity contribution in [2.75, 3.05) is 6.61 Å². The largest absolute Gasteiger partial charge is 0.481 e. The van der Waals surface area contributed by atoms with Crippen LogP contribution in [0.1, 0.15) is 91.4 Å². The van der Waals surface area contributed by atoms with Crippen molar-refractivity contribution in [3.63, 3.8) is 0 Å². The predicted molar refractivity (Wildman–Crippen MR) is 93.8 cm³/mol. The molecule has 0 atom stereocenters. The SMILES string of the molecule is CCCCC(=O)C(C)(C)COC(=O)CCCCCCCCC(=O)O. The fourth-order valence-corrected chi connectivity index (χ4v) is 2.34. The van der Waals surface area contributed by atoms with Crippen molar-refractivity contribution < 1.29 is 24.2 Å². The summed E-state index contributed by atoms with van der Waals surface area (Å²) in [5.41, 5.74) is -0.602. The van der Waals surface area contributed by atoms with Crippen molar-refractivity contribution in [1.82, 2.24) is 0 Å². The van der Waals surface area contributed by atoms with Crippen molar-refractivity contribution >= 4 is 17.7 Å². The molecule has 0 amide bonds. The van der Waals surface area contributed by atoms with Gasteiger partial charge in [0.1, 0.15) is 12.4 Å². The number of carboxylic acid groups (broad SMARTS) is 1. The number of esters is 1. The van der Waals surface area contributed by atoms with Gasteiger partial charge in [0.25, 0.3) is 0 Å². The quantitative estimate of drug-likeness (QED) is 0.349. The van der Waals surface area contributed by atoms with E-state index in [4.69, 9.17) is 9.84 Å². The molecule has 24 heavy (non-hydrogen) atoms. The number of carbonyl (C=O) groups is 3. The molecule has 0 fully saturated rings. The summed E-state index contributed by atoms with van der Waals surface area (Å²) in [5, 5.41) is 8.53. The maximum absolute atomic E-state index is 12.0. The first-order valence-corrected chi connectivity index (χ1v) is 9.20. The van der Waals surface area contributed by atoms with E-state index in [1.165, 1.54) is 0 Å². The highest BCUT2D eigenvalue weighted by atomic mass is 16.5. The van der Waals surface area contributed by atoms with Crippen LogP contribution in [-0.4, -0.2) is 29.4 Å². The van der Waals surface area contributed by atoms with Crippen LogP contribution in [0, 0.1) is 5.41 Å². The first kappa shape index (κ1) is 22.6. The summed E-state index contributed by atoms with van der Waals surface area (Å²) in [4.78, 5) is 34.1. The van der Waals surface area contributed by atoms with Crippen molar-refractivity contribution in [1.29, 1.82) is 0 Å². The van der Waals surface area contributed by atoms with Gasteiger partial charge >= 0.3 is 11.9 Å². The molecule has 0 saturated heterocycles. The average Bonchev–Trinajstić information content (AvgIpc) is 2.52. The number of ether oxygens (including phenoxy) is 1. The molecule has 0 saturated carbocycles. The Bertz CT molecular complexity index is 387. The van der Waals surface area contributed by atoms with E-state index in [0.717, 1.165) is 51.4 Å². The van der Waals surface area contributed by atoms with Gasteiger partial charge in [-0.05, 0) is 33.1 Å². The highest BCUT2D eigenvalue weighted by Gasteiger charge is 2.28. The van der Waals surface area contributed by atoms with Crippen LogP contribution in [0.3, 0.4) is 0 Å². The zero-order valence-electron chi connectivity index (χ0n) is 15.6. The van der Waals surface area contributed by atoms with Crippen LogP contribution in [-0.2, 0) is 19.1 Å². The second-order valence-corrected chi connectivity index (χ2v) is 7.09. The zero-order valence-corrected chi connectivity index (χ0v) is 15.6. The Kier molecular flexibility index (Phi) is 12.2. The number of ketones is 1. The van der Waals surface area contributed by atoms with Crippen molar-refractivity contribution in [2.24, 2.45) is 5.41 Å². The molecule has 0 aliphatic carbocycles. The Morgan fingerprint density at radius 2 is 1.38 bits per heavy atom. The van der Waals surface area contributed by atoms with Crippen molar-refractivity contribution in [2.45, 2.75) is 91.4 Å². The summed E-state index contributed by atoms with van der Waals surface area (Å²) >= 11 is 0. The second-order valence-electron chi connectivity index (χ2n) is 7.09. The normalized spacial score (nSPS) is 11.3. The number of hydrogen-bond acceptors (Lipinski definition) is 4. The van der Waals surface area contributed by atoms with Crippen LogP contribution in [0.4, 0.5) is 0 Å². The summed E-state index contributed by atoms with van der Waals surface area (Å²) in [6.45, 7) is 5.86. The van der Waals surface area contributed by atoms with Gasteiger partial charge in [-0.2, -0.15) is 0 Å². The summed E-state index contributed by atoms with van der Waals surface area (Å²) < 4.78 is 5.25. The van der Waals surface area contributed by atoms with E-state index >= 15 is 0 Å². The molecule has 0 aliphatic rings. The van der Waals surface area contributed by atoms with E-state index in [9.17, 15) is 14.4 Å². The van der Waals surface area contributed by atoms with Gasteiger partial charge in [-0.25, -0.2) is 0 Å². The topological polar surface area (TPSA) is 80.7 Å². The Hall–Kier alpha value is -1.39. The van der Waals surface area contributed by atoms with E-state index in [1.54, 1.807) is 0 Å². The smallest absolute Gasteiger partial charge is 0.305 e. The third-order valence-electron chi connectivity index (χ3n) is 4.13. The van der Waals surface area contributed by atoms with Gasteiger partial charge in [0.2, 0.25) is 0 Å². The lowest BCUT2D eigenvalue weighted by Crippen LogP contribution is -2.30. The summed E-state index contributed by atoms with van der Waals surface area (Å²) in [6, 6.07) is 0. The lowest BCUT2D eigenvalue weighted by atomic mass is 9.86. The van der Waals surface area contributed by atoms with Gasteiger partial charge in [-0.3, -0.25) is 14.4 Å². The lowest BCUT2D eigenvalue weighted by molar-refractivity contribution is -0.149. The highest BCUT2D eigenvalue weighted by molar-refractivity contribution is 5.84. The molecule has 5 nitrogen and oxygen atoms in total. The predicted octanol–water partition coefficient (Wildman–Crippen LogP) is 4.52. The van der Waals surface area contributed by atoms with Crippen LogP contribution in [0.2, 0.25) is 0 Å². The van der Waals surface area contributed by atoms with Gasteiger partial charge in [-0.1, -0.05) is 39.0 Å². The number of unbranched alkanes of at least 4 members (excludes halogenated alkanes) is 6. The summed E-state index contributed by atoms with van der Waals surface area (Å²) in [6.07, 6.45) is 8.40. The molecule has 0 aliphatic heterocycles. The second kappa shape index (κ2) is 13.0. The molecule has 0 aromatic rings. The molecular formula is C19H34O5. The maximum atomic E-state index is 12.0. The minimum Gasteiger partial charge on any atom is -0.481 e. The maximum Gasteiger partial charge on any atom is 0.305 e. The first-order valence-electron chi connectivity index (χ1n) is 9.20. The van der Waals surface area contributed by atoms with Gasteiger partial charge in [0.05, 0.1) is 5.41 Å². The van der Waals surface area contributed by atoms with Gasteiger partial charge < -0.3 is 9.84 Å². The highest BCUT2D eigenvalue weighted by Crippen LogP contribution is 2.21. The third kappa shape index (κ3) is 12.1. The van der Waals surface area contributed by atoms with E-state index < -0.39 is 11.4 Å². The molecule has 0 rings (SSSR count). The number of carboxylic acids is 1. The van der Waals surface area contributed by atoms with Crippen LogP contribution < -0.4 is 0 Å². The minimum absolute atomic E-state index is 0.151. The Balaban J connectivity index is 3.68. The Labute approximate surface area is 146 Å². The van der Waals surface area contributed by atoms with Crippen LogP contribution in [0.5, 0.6) is 0 Å². The molecule has 0 aromatic carbocycles. The van der Waals surface area contributed by atoms with Crippen molar-refractivity contribution in [3.8, 4) is 0 Å². The summed E-state index contributed by atoms with van der Waals surface area (Å²) in [5.74, 6) is -0.829. The number of rotatable bonds is 15. The molecular weight excluding hydrogens is 308 g/mol. The molecule has 1 N–H and O–H groups in total. The number of hydrogen-bond donors (Lipinski definition) is 1. The average molecular weight is 342 g/mol. The van der Waals surface area contributed by atoms with Crippen LogP contribution in [0.25, 0.3) is 0 Å². The number of Topliss-reactive ketones (excluding diaryl/α,β-unsaturated/α-hetero) is 1. The monoisotopic (exact) mass is 342 g/mol. The van der Waals surface area contributed by atoms with Gasteiger partial charge in [0.15, 0.2) is 0 Å². The molecule has 0 spiro atoms. The molecule has 0 aromatic heterocycles. The fourth-order valence-electron chi connectivity index (χ4n) is 2.34. The first-order chi connectivity index (χ1) is 11.3. The Morgan fingerprint density at radius 3 is 1.92 bits per heavy atom. The van der Waals surface area contributed by atoms with E-state index in [0.29, 0.717) is 12.8 Å². The van der Waals surface area contributed by atoms with Crippen LogP contribution >= 0.6 is 0 Å². The fraction of sp³-hybridized carbons (Fsp3) is 0.842. The molecule has 0 bridgehead atoms. The number of carbonyl (C=O) groups excluding carboxylic acids is 2. The van der Waals surface area contributed by atoms with E-state index in [-0.39, 0.29) is 24.8 Å². The standard InChI is InChI=1S/C19H34O5/c1-4-5-12-16(20)19(2,3)15-24-18(23)14-11-9-7-6-8-10-13-17(21)22/h4-15H2,1-3H3,(H,21,22). The van der Waals surface area contributed by atoms with E-state index in [1.807, 2.05) is 20.8 Å². The molecule has 5 heteroatoms. The summed E-state index contributed by atoms with van der Waals surface area (Å²) in [7, 11) is 0. The molecule has 140 valence electrons. The van der Waals surface area contributed by atoms with Gasteiger partial charge in [0, 0.05) is 19.3 Å². The number of aliphatic carboxylic acids is 1. The van der Waals surface area contributed by atoms with E-state index in [2.05, 4.69) is 0 Å². The molecule has 0 radical (unpaired) electrons. The third-order valence-corrected chi connectivity index (χ3v) is 4.13. The minimum atomic E-state index is -0.742. The van der Waals surface area contributed by atoms with Crippen molar-refractivity contribution in [3.05, 3.63) is 0 Å². The molecule has 0 heterocycles. The zero-order chi connectivity index (χ0) is 18.4. The molecule has 0 unspecified atom stereocenters. The van der Waals surface area contributed by atoms with Crippen LogP contribution in [0.15, 0.2) is 0 Å².